The van der Waals surface area contributed by atoms with E-state index in [1.165, 1.54) is 56.3 Å². The second-order valence-corrected chi connectivity index (χ2v) is 6.34. The zero-order valence-electron chi connectivity index (χ0n) is 12.3. The minimum atomic E-state index is 0.125. The van der Waals surface area contributed by atoms with Crippen molar-refractivity contribution in [3.05, 3.63) is 34.4 Å². The molecular formula is C17H26N2. The number of rotatable bonds is 2. The lowest BCUT2D eigenvalue weighted by Crippen LogP contribution is -2.52. The molecule has 0 saturated carbocycles. The van der Waals surface area contributed by atoms with Crippen molar-refractivity contribution < 1.29 is 0 Å². The Labute approximate surface area is 117 Å². The van der Waals surface area contributed by atoms with Gasteiger partial charge in [-0.1, -0.05) is 12.1 Å². The third-order valence-electron chi connectivity index (χ3n) is 5.29. The van der Waals surface area contributed by atoms with Gasteiger partial charge in [0.05, 0.1) is 5.54 Å². The highest BCUT2D eigenvalue weighted by molar-refractivity contribution is 5.46. The van der Waals surface area contributed by atoms with Crippen LogP contribution >= 0.6 is 0 Å². The van der Waals surface area contributed by atoms with Gasteiger partial charge >= 0.3 is 0 Å². The van der Waals surface area contributed by atoms with Gasteiger partial charge in [-0.2, -0.15) is 0 Å². The van der Waals surface area contributed by atoms with Gasteiger partial charge in [-0.3, -0.25) is 4.90 Å². The molecule has 2 N–H and O–H groups in total. The van der Waals surface area contributed by atoms with Crippen molar-refractivity contribution in [1.82, 2.24) is 4.90 Å². The fourth-order valence-corrected chi connectivity index (χ4v) is 4.32. The van der Waals surface area contributed by atoms with Crippen molar-refractivity contribution in [1.29, 1.82) is 0 Å². The molecule has 0 radical (unpaired) electrons. The third-order valence-corrected chi connectivity index (χ3v) is 5.29. The van der Waals surface area contributed by atoms with Gasteiger partial charge in [-0.15, -0.1) is 0 Å². The Kier molecular flexibility index (Phi) is 3.40. The van der Waals surface area contributed by atoms with Gasteiger partial charge in [0.2, 0.25) is 0 Å². The fourth-order valence-electron chi connectivity index (χ4n) is 4.32. The van der Waals surface area contributed by atoms with Crippen LogP contribution in [0.5, 0.6) is 0 Å². The Bertz CT molecular complexity index is 474. The Morgan fingerprint density at radius 1 is 1.11 bits per heavy atom. The number of fused-ring (bicyclic) bond motifs is 1. The van der Waals surface area contributed by atoms with Crippen LogP contribution in [-0.2, 0) is 12.0 Å². The quantitative estimate of drug-likeness (QED) is 0.884. The van der Waals surface area contributed by atoms with Gasteiger partial charge in [-0.25, -0.2) is 0 Å². The van der Waals surface area contributed by atoms with Crippen LogP contribution in [-0.4, -0.2) is 24.5 Å². The van der Waals surface area contributed by atoms with Crippen LogP contribution < -0.4 is 5.73 Å². The second kappa shape index (κ2) is 4.92. The number of nitrogens with zero attached hydrogens (tertiary/aromatic N) is 1. The first-order valence-electron chi connectivity index (χ1n) is 7.74. The number of nitrogens with two attached hydrogens (primary N) is 1. The average molecular weight is 258 g/mol. The van der Waals surface area contributed by atoms with E-state index in [1.807, 2.05) is 0 Å². The van der Waals surface area contributed by atoms with Crippen LogP contribution in [0.1, 0.15) is 47.9 Å². The smallest absolute Gasteiger partial charge is 0.0589 e. The summed E-state index contributed by atoms with van der Waals surface area (Å²) in [5.74, 6) is 0. The molecule has 1 aliphatic heterocycles. The highest BCUT2D eigenvalue weighted by Crippen LogP contribution is 2.43. The zero-order chi connectivity index (χ0) is 13.5. The molecule has 3 rings (SSSR count). The second-order valence-electron chi connectivity index (χ2n) is 6.34. The SMILES string of the molecule is Cc1ccc(C)c2c1CCCC2(CN)N1CCCC1. The van der Waals surface area contributed by atoms with Crippen molar-refractivity contribution >= 4 is 0 Å². The van der Waals surface area contributed by atoms with Gasteiger partial charge in [0.15, 0.2) is 0 Å². The predicted molar refractivity (Wildman–Crippen MR) is 80.4 cm³/mol. The first-order valence-corrected chi connectivity index (χ1v) is 7.74. The molecule has 2 heteroatoms. The molecule has 1 aliphatic carbocycles. The lowest BCUT2D eigenvalue weighted by atomic mass is 9.72. The largest absolute Gasteiger partial charge is 0.328 e. The van der Waals surface area contributed by atoms with Crippen LogP contribution in [0.3, 0.4) is 0 Å². The topological polar surface area (TPSA) is 29.3 Å². The number of hydrogen-bond donors (Lipinski definition) is 1. The third kappa shape index (κ3) is 1.93. The van der Waals surface area contributed by atoms with E-state index < -0.39 is 0 Å². The fraction of sp³-hybridized carbons (Fsp3) is 0.647. The number of hydrogen-bond acceptors (Lipinski definition) is 2. The molecule has 1 saturated heterocycles. The molecule has 2 aliphatic rings. The summed E-state index contributed by atoms with van der Waals surface area (Å²) in [6.07, 6.45) is 6.42. The van der Waals surface area contributed by atoms with Crippen LogP contribution in [0.2, 0.25) is 0 Å². The van der Waals surface area contributed by atoms with Crippen LogP contribution in [0.4, 0.5) is 0 Å². The van der Waals surface area contributed by atoms with E-state index in [0.29, 0.717) is 0 Å². The van der Waals surface area contributed by atoms with Crippen LogP contribution in [0, 0.1) is 13.8 Å². The molecule has 0 aromatic heterocycles. The Hall–Kier alpha value is -0.860. The van der Waals surface area contributed by atoms with E-state index >= 15 is 0 Å². The monoisotopic (exact) mass is 258 g/mol. The summed E-state index contributed by atoms with van der Waals surface area (Å²) in [7, 11) is 0. The maximum Gasteiger partial charge on any atom is 0.0589 e. The molecule has 19 heavy (non-hydrogen) atoms. The maximum atomic E-state index is 6.31. The van der Waals surface area contributed by atoms with Gasteiger partial charge < -0.3 is 5.73 Å². The highest BCUT2D eigenvalue weighted by Gasteiger charge is 2.42. The zero-order valence-corrected chi connectivity index (χ0v) is 12.3. The molecule has 1 fully saturated rings. The summed E-state index contributed by atoms with van der Waals surface area (Å²) in [5.41, 5.74) is 12.5. The summed E-state index contributed by atoms with van der Waals surface area (Å²) >= 11 is 0. The summed E-state index contributed by atoms with van der Waals surface area (Å²) in [4.78, 5) is 2.68. The van der Waals surface area contributed by atoms with E-state index in [-0.39, 0.29) is 5.54 Å². The van der Waals surface area contributed by atoms with Crippen LogP contribution in [0.15, 0.2) is 12.1 Å². The lowest BCUT2D eigenvalue weighted by molar-refractivity contribution is 0.101. The standard InChI is InChI=1S/C17H26N2/c1-13-7-8-14(2)16-15(13)6-5-9-17(16,12-18)19-10-3-4-11-19/h7-8H,3-6,9-12,18H2,1-2H3. The summed E-state index contributed by atoms with van der Waals surface area (Å²) < 4.78 is 0. The van der Waals surface area contributed by atoms with Crippen molar-refractivity contribution in [2.45, 2.75) is 51.5 Å². The van der Waals surface area contributed by atoms with Gasteiger partial charge in [0, 0.05) is 6.54 Å². The molecule has 0 bridgehead atoms. The maximum absolute atomic E-state index is 6.31. The summed E-state index contributed by atoms with van der Waals surface area (Å²) in [5, 5.41) is 0. The summed E-state index contributed by atoms with van der Waals surface area (Å²) in [6.45, 7) is 7.75. The molecule has 1 unspecified atom stereocenters. The van der Waals surface area contributed by atoms with Crippen molar-refractivity contribution in [3.8, 4) is 0 Å². The minimum Gasteiger partial charge on any atom is -0.328 e. The molecule has 2 nitrogen and oxygen atoms in total. The van der Waals surface area contributed by atoms with Crippen molar-refractivity contribution in [2.75, 3.05) is 19.6 Å². The van der Waals surface area contributed by atoms with E-state index in [4.69, 9.17) is 5.73 Å². The molecule has 1 atom stereocenters. The number of likely N-dealkylation sites (tertiary alicyclic amines) is 1. The van der Waals surface area contributed by atoms with E-state index in [9.17, 15) is 0 Å². The number of aryl methyl sites for hydroxylation is 2. The van der Waals surface area contributed by atoms with E-state index in [0.717, 1.165) is 6.54 Å². The summed E-state index contributed by atoms with van der Waals surface area (Å²) in [6, 6.07) is 4.57. The van der Waals surface area contributed by atoms with Gasteiger partial charge in [0.25, 0.3) is 0 Å². The Balaban J connectivity index is 2.16. The first-order chi connectivity index (χ1) is 9.19. The normalized spacial score (nSPS) is 27.5. The first kappa shape index (κ1) is 13.1. The van der Waals surface area contributed by atoms with Crippen molar-refractivity contribution in [2.24, 2.45) is 5.73 Å². The van der Waals surface area contributed by atoms with Crippen molar-refractivity contribution in [3.63, 3.8) is 0 Å². The lowest BCUT2D eigenvalue weighted by Gasteiger charge is -2.46. The molecule has 1 aromatic carbocycles. The molecular weight excluding hydrogens is 232 g/mol. The molecule has 0 spiro atoms. The predicted octanol–water partition coefficient (Wildman–Crippen LogP) is 2.89. The average Bonchev–Trinajstić information content (AvgIpc) is 2.97. The van der Waals surface area contributed by atoms with Crippen LogP contribution in [0.25, 0.3) is 0 Å². The highest BCUT2D eigenvalue weighted by atomic mass is 15.2. The van der Waals surface area contributed by atoms with Gasteiger partial charge in [0.1, 0.15) is 0 Å². The molecule has 104 valence electrons. The molecule has 1 aromatic rings. The van der Waals surface area contributed by atoms with Gasteiger partial charge in [-0.05, 0) is 81.3 Å². The molecule has 0 amide bonds. The Morgan fingerprint density at radius 2 is 1.79 bits per heavy atom. The van der Waals surface area contributed by atoms with E-state index in [1.54, 1.807) is 11.1 Å². The minimum absolute atomic E-state index is 0.125. The van der Waals surface area contributed by atoms with E-state index in [2.05, 4.69) is 30.9 Å². The molecule has 1 heterocycles. The Morgan fingerprint density at radius 3 is 2.47 bits per heavy atom. The number of benzene rings is 1.